The Kier molecular flexibility index (Phi) is 7.72. The smallest absolute Gasteiger partial charge is 0.414 e. The van der Waals surface area contributed by atoms with Gasteiger partial charge in [-0.15, -0.1) is 0 Å². The monoisotopic (exact) mass is 476 g/mol. The zero-order chi connectivity index (χ0) is 24.8. The van der Waals surface area contributed by atoms with Crippen molar-refractivity contribution < 1.29 is 18.7 Å². The number of anilines is 1. The number of amides is 2. The van der Waals surface area contributed by atoms with Gasteiger partial charge in [0.15, 0.2) is 0 Å². The van der Waals surface area contributed by atoms with E-state index in [4.69, 9.17) is 4.74 Å². The number of hydrogen-bond donors (Lipinski definition) is 1. The minimum absolute atomic E-state index is 0.197. The maximum absolute atomic E-state index is 15.0. The molecule has 8 heteroatoms. The lowest BCUT2D eigenvalue weighted by Crippen LogP contribution is -2.33. The van der Waals surface area contributed by atoms with E-state index in [1.807, 2.05) is 36.4 Å². The highest BCUT2D eigenvalue weighted by Gasteiger charge is 2.32. The van der Waals surface area contributed by atoms with Crippen LogP contribution in [0, 0.1) is 5.82 Å². The van der Waals surface area contributed by atoms with E-state index in [-0.39, 0.29) is 19.0 Å². The molecule has 0 spiro atoms. The number of carbonyl (C=O) groups excluding carboxylic acids is 2. The average molecular weight is 477 g/mol. The molecule has 1 N–H and O–H groups in total. The van der Waals surface area contributed by atoms with Gasteiger partial charge in [0.25, 0.3) is 0 Å². The highest BCUT2D eigenvalue weighted by atomic mass is 19.1. The van der Waals surface area contributed by atoms with E-state index in [1.165, 1.54) is 23.5 Å². The number of rotatable bonds is 9. The summed E-state index contributed by atoms with van der Waals surface area (Å²) in [7, 11) is 0. The molecule has 1 saturated heterocycles. The van der Waals surface area contributed by atoms with Crippen LogP contribution in [0.25, 0.3) is 11.1 Å². The third kappa shape index (κ3) is 6.22. The molecule has 0 radical (unpaired) electrons. The van der Waals surface area contributed by atoms with Crippen molar-refractivity contribution in [1.82, 2.24) is 15.2 Å². The third-order valence-corrected chi connectivity index (χ3v) is 5.99. The van der Waals surface area contributed by atoms with Crippen LogP contribution < -0.4 is 10.2 Å². The second-order valence-corrected chi connectivity index (χ2v) is 8.57. The molecular weight excluding hydrogens is 447 g/mol. The first kappa shape index (κ1) is 24.3. The lowest BCUT2D eigenvalue weighted by Gasteiger charge is -2.20. The summed E-state index contributed by atoms with van der Waals surface area (Å²) in [5.41, 5.74) is 4.01. The van der Waals surface area contributed by atoms with E-state index in [0.29, 0.717) is 11.3 Å². The van der Waals surface area contributed by atoms with Crippen molar-refractivity contribution in [2.24, 2.45) is 0 Å². The highest BCUT2D eigenvalue weighted by molar-refractivity contribution is 5.90. The number of halogens is 1. The van der Waals surface area contributed by atoms with Crippen LogP contribution in [0.3, 0.4) is 0 Å². The van der Waals surface area contributed by atoms with Crippen LogP contribution in [-0.2, 0) is 22.6 Å². The van der Waals surface area contributed by atoms with Crippen molar-refractivity contribution >= 4 is 17.7 Å². The van der Waals surface area contributed by atoms with Crippen molar-refractivity contribution in [1.29, 1.82) is 0 Å². The molecule has 1 atom stereocenters. The van der Waals surface area contributed by atoms with Crippen LogP contribution in [0.1, 0.15) is 25.0 Å². The van der Waals surface area contributed by atoms with Crippen molar-refractivity contribution in [2.75, 3.05) is 24.5 Å². The summed E-state index contributed by atoms with van der Waals surface area (Å²) in [5.74, 6) is -0.613. The van der Waals surface area contributed by atoms with E-state index in [0.717, 1.165) is 30.8 Å². The number of nitrogens with zero attached hydrogens (tertiary/aromatic N) is 3. The molecule has 0 saturated carbocycles. The van der Waals surface area contributed by atoms with Crippen LogP contribution >= 0.6 is 0 Å². The number of hydrogen-bond acceptors (Lipinski definition) is 5. The lowest BCUT2D eigenvalue weighted by molar-refractivity contribution is -0.119. The summed E-state index contributed by atoms with van der Waals surface area (Å²) < 4.78 is 20.3. The van der Waals surface area contributed by atoms with E-state index in [9.17, 15) is 9.59 Å². The zero-order valence-corrected chi connectivity index (χ0v) is 19.9. The van der Waals surface area contributed by atoms with Crippen molar-refractivity contribution in [3.8, 4) is 11.1 Å². The predicted octanol–water partition coefficient (Wildman–Crippen LogP) is 4.37. The van der Waals surface area contributed by atoms with Gasteiger partial charge in [-0.1, -0.05) is 31.2 Å². The van der Waals surface area contributed by atoms with Gasteiger partial charge in [-0.3, -0.25) is 19.6 Å². The normalized spacial score (nSPS) is 15.4. The topological polar surface area (TPSA) is 74.8 Å². The Labute approximate surface area is 204 Å². The maximum atomic E-state index is 15.0. The summed E-state index contributed by atoms with van der Waals surface area (Å²) in [6.07, 6.45) is 2.58. The van der Waals surface area contributed by atoms with Crippen LogP contribution in [0.4, 0.5) is 14.9 Å². The van der Waals surface area contributed by atoms with Crippen LogP contribution in [0.5, 0.6) is 0 Å². The molecule has 1 aliphatic rings. The van der Waals surface area contributed by atoms with E-state index in [1.54, 1.807) is 24.5 Å². The minimum Gasteiger partial charge on any atom is -0.442 e. The van der Waals surface area contributed by atoms with Gasteiger partial charge in [-0.05, 0) is 53.6 Å². The van der Waals surface area contributed by atoms with Gasteiger partial charge in [-0.2, -0.15) is 0 Å². The first-order chi connectivity index (χ1) is 16.9. The number of aromatic nitrogens is 1. The molecule has 4 rings (SSSR count). The second kappa shape index (κ2) is 11.1. The maximum Gasteiger partial charge on any atom is 0.414 e. The van der Waals surface area contributed by atoms with Gasteiger partial charge in [0.1, 0.15) is 11.9 Å². The molecule has 182 valence electrons. The zero-order valence-electron chi connectivity index (χ0n) is 19.9. The average Bonchev–Trinajstić information content (AvgIpc) is 3.24. The van der Waals surface area contributed by atoms with E-state index >= 15 is 4.39 Å². The molecule has 2 amide bonds. The first-order valence-corrected chi connectivity index (χ1v) is 11.7. The molecule has 0 bridgehead atoms. The third-order valence-electron chi connectivity index (χ3n) is 5.99. The minimum atomic E-state index is -0.552. The molecule has 0 aliphatic carbocycles. The fourth-order valence-electron chi connectivity index (χ4n) is 4.08. The molecule has 7 nitrogen and oxygen atoms in total. The van der Waals surface area contributed by atoms with Gasteiger partial charge in [0.2, 0.25) is 5.91 Å². The Balaban J connectivity index is 1.41. The number of ether oxygens (including phenoxy) is 1. The number of benzene rings is 2. The van der Waals surface area contributed by atoms with Gasteiger partial charge < -0.3 is 10.1 Å². The number of nitrogens with one attached hydrogen (secondary N) is 1. The molecular formula is C27H29FN4O3. The van der Waals surface area contributed by atoms with Crippen molar-refractivity contribution in [3.63, 3.8) is 0 Å². The van der Waals surface area contributed by atoms with E-state index in [2.05, 4.69) is 22.1 Å². The molecule has 2 heterocycles. The van der Waals surface area contributed by atoms with E-state index < -0.39 is 18.0 Å². The Bertz CT molecular complexity index is 1170. The van der Waals surface area contributed by atoms with Crippen LogP contribution in [0.15, 0.2) is 67.0 Å². The lowest BCUT2D eigenvalue weighted by atomic mass is 10.0. The molecule has 3 aromatic rings. The van der Waals surface area contributed by atoms with Crippen molar-refractivity contribution in [2.45, 2.75) is 33.0 Å². The Morgan fingerprint density at radius 1 is 1.11 bits per heavy atom. The summed E-state index contributed by atoms with van der Waals surface area (Å²) in [6.45, 7) is 6.54. The Hall–Kier alpha value is -3.78. The van der Waals surface area contributed by atoms with Gasteiger partial charge in [0, 0.05) is 38.0 Å². The predicted molar refractivity (Wildman–Crippen MR) is 132 cm³/mol. The standard InChI is InChI=1S/C27H29FN4O3/c1-3-31(17-21-10-12-29-13-11-21)16-20-4-6-22(7-5-20)25-9-8-23(14-26(25)28)32-18-24(35-27(32)34)15-30-19(2)33/h4-14,24H,3,15-18H2,1-2H3,(H,30,33)/t24-/m0/s1. The quantitative estimate of drug-likeness (QED) is 0.496. The fraction of sp³-hybridized carbons (Fsp3) is 0.296. The summed E-state index contributed by atoms with van der Waals surface area (Å²) in [4.78, 5) is 31.1. The molecule has 1 fully saturated rings. The number of carbonyl (C=O) groups is 2. The van der Waals surface area contributed by atoms with Crippen LogP contribution in [0.2, 0.25) is 0 Å². The molecule has 2 aromatic carbocycles. The highest BCUT2D eigenvalue weighted by Crippen LogP contribution is 2.29. The molecule has 1 aromatic heterocycles. The molecule has 1 aliphatic heterocycles. The molecule has 35 heavy (non-hydrogen) atoms. The Morgan fingerprint density at radius 2 is 1.80 bits per heavy atom. The largest absolute Gasteiger partial charge is 0.442 e. The number of pyridine rings is 1. The summed E-state index contributed by atoms with van der Waals surface area (Å²) in [5, 5.41) is 2.63. The number of cyclic esters (lactones) is 1. The van der Waals surface area contributed by atoms with Gasteiger partial charge in [-0.25, -0.2) is 9.18 Å². The Morgan fingerprint density at radius 3 is 2.43 bits per heavy atom. The van der Waals surface area contributed by atoms with Crippen molar-refractivity contribution in [3.05, 3.63) is 83.9 Å². The fourth-order valence-corrected chi connectivity index (χ4v) is 4.08. The van der Waals surface area contributed by atoms with Gasteiger partial charge >= 0.3 is 6.09 Å². The van der Waals surface area contributed by atoms with Crippen LogP contribution in [-0.4, -0.2) is 47.6 Å². The van der Waals surface area contributed by atoms with Gasteiger partial charge in [0.05, 0.1) is 18.8 Å². The SMILES string of the molecule is CCN(Cc1ccncc1)Cc1ccc(-c2ccc(N3C[C@H](CNC(C)=O)OC3=O)cc2F)cc1. The second-order valence-electron chi connectivity index (χ2n) is 8.57. The molecule has 0 unspecified atom stereocenters. The summed E-state index contributed by atoms with van der Waals surface area (Å²) >= 11 is 0. The first-order valence-electron chi connectivity index (χ1n) is 11.7. The summed E-state index contributed by atoms with van der Waals surface area (Å²) in [6, 6.07) is 16.6.